The largest absolute Gasteiger partial charge is 0.370 e. The highest BCUT2D eigenvalue weighted by molar-refractivity contribution is 9.10. The number of amides is 1. The summed E-state index contributed by atoms with van der Waals surface area (Å²) < 4.78 is 0.543. The third-order valence-corrected chi connectivity index (χ3v) is 3.13. The Morgan fingerprint density at radius 3 is 2.18 bits per heavy atom. The van der Waals surface area contributed by atoms with Crippen LogP contribution in [0.1, 0.15) is 22.8 Å². The Bertz CT molecular complexity index is 698. The molecule has 0 aliphatic heterocycles. The quantitative estimate of drug-likeness (QED) is 0.513. The third-order valence-electron chi connectivity index (χ3n) is 2.44. The van der Waals surface area contributed by atoms with Gasteiger partial charge in [-0.1, -0.05) is 46.3 Å². The second-order valence-corrected chi connectivity index (χ2v) is 5.08. The van der Waals surface area contributed by atoms with E-state index in [1.54, 1.807) is 30.3 Å². The van der Waals surface area contributed by atoms with Crippen molar-refractivity contribution in [1.29, 1.82) is 0 Å². The molecule has 0 atom stereocenters. The van der Waals surface area contributed by atoms with Crippen molar-refractivity contribution in [1.82, 2.24) is 0 Å². The molecule has 0 saturated heterocycles. The number of halogens is 1. The zero-order valence-corrected chi connectivity index (χ0v) is 13.2. The minimum atomic E-state index is -0.520. The normalized spacial score (nSPS) is 9.36. The number of nitro groups is 1. The summed E-state index contributed by atoms with van der Waals surface area (Å²) in [6.07, 6.45) is 0. The Balaban J connectivity index is 0.000000541. The van der Waals surface area contributed by atoms with Crippen LogP contribution in [0.2, 0.25) is 0 Å². The molecule has 0 bridgehead atoms. The standard InChI is InChI=1S/C13H8BrNO3.C2H5NO/c14-12-7-6-10(15(17)18)8-11(12)13(16)9-4-2-1-3-5-9;1-2(3)4/h1-8H;1H3,(H2,3,4). The van der Waals surface area contributed by atoms with Gasteiger partial charge in [0.2, 0.25) is 5.91 Å². The minimum absolute atomic E-state index is 0.0996. The molecule has 0 radical (unpaired) electrons. The number of nitro benzene ring substituents is 1. The van der Waals surface area contributed by atoms with Crippen molar-refractivity contribution >= 4 is 33.3 Å². The van der Waals surface area contributed by atoms with Gasteiger partial charge in [-0.3, -0.25) is 19.7 Å². The lowest BCUT2D eigenvalue weighted by atomic mass is 10.0. The van der Waals surface area contributed by atoms with Gasteiger partial charge < -0.3 is 5.73 Å². The molecule has 2 rings (SSSR count). The number of carbonyl (C=O) groups excluding carboxylic acids is 2. The van der Waals surface area contributed by atoms with Crippen LogP contribution in [0.4, 0.5) is 5.69 Å². The van der Waals surface area contributed by atoms with E-state index in [9.17, 15) is 19.7 Å². The van der Waals surface area contributed by atoms with Gasteiger partial charge in [0.15, 0.2) is 5.78 Å². The molecule has 0 aromatic heterocycles. The van der Waals surface area contributed by atoms with E-state index in [0.717, 1.165) is 0 Å². The molecule has 0 unspecified atom stereocenters. The summed E-state index contributed by atoms with van der Waals surface area (Å²) in [5.74, 6) is -0.578. The van der Waals surface area contributed by atoms with Gasteiger partial charge >= 0.3 is 0 Å². The van der Waals surface area contributed by atoms with E-state index < -0.39 is 4.92 Å². The average molecular weight is 365 g/mol. The number of nitrogens with zero attached hydrogens (tertiary/aromatic N) is 1. The van der Waals surface area contributed by atoms with Gasteiger partial charge in [-0.05, 0) is 6.07 Å². The van der Waals surface area contributed by atoms with E-state index in [0.29, 0.717) is 10.0 Å². The molecule has 0 aliphatic carbocycles. The highest BCUT2D eigenvalue weighted by Gasteiger charge is 2.16. The highest BCUT2D eigenvalue weighted by Crippen LogP contribution is 2.24. The summed E-state index contributed by atoms with van der Waals surface area (Å²) in [6, 6.07) is 12.8. The lowest BCUT2D eigenvalue weighted by Crippen LogP contribution is -2.03. The molecule has 2 aromatic rings. The predicted octanol–water partition coefficient (Wildman–Crippen LogP) is 3.08. The van der Waals surface area contributed by atoms with E-state index in [4.69, 9.17) is 0 Å². The Labute approximate surface area is 135 Å². The summed E-state index contributed by atoms with van der Waals surface area (Å²) in [4.78, 5) is 31.6. The Hall–Kier alpha value is -2.54. The lowest BCUT2D eigenvalue weighted by Gasteiger charge is -2.03. The van der Waals surface area contributed by atoms with Crippen molar-refractivity contribution in [3.63, 3.8) is 0 Å². The monoisotopic (exact) mass is 364 g/mol. The molecule has 0 spiro atoms. The lowest BCUT2D eigenvalue weighted by molar-refractivity contribution is -0.384. The maximum Gasteiger partial charge on any atom is 0.270 e. The molecule has 2 aromatic carbocycles. The predicted molar refractivity (Wildman–Crippen MR) is 85.5 cm³/mol. The zero-order valence-electron chi connectivity index (χ0n) is 11.7. The van der Waals surface area contributed by atoms with E-state index in [-0.39, 0.29) is 22.9 Å². The van der Waals surface area contributed by atoms with Crippen molar-refractivity contribution in [3.05, 3.63) is 74.2 Å². The molecule has 0 saturated carbocycles. The van der Waals surface area contributed by atoms with Gasteiger partial charge in [-0.25, -0.2) is 0 Å². The minimum Gasteiger partial charge on any atom is -0.370 e. The van der Waals surface area contributed by atoms with Crippen LogP contribution in [0, 0.1) is 10.1 Å². The first-order chi connectivity index (χ1) is 10.3. The number of ketones is 1. The van der Waals surface area contributed by atoms with E-state index in [2.05, 4.69) is 21.7 Å². The molecule has 7 heteroatoms. The van der Waals surface area contributed by atoms with E-state index in [1.165, 1.54) is 25.1 Å². The zero-order chi connectivity index (χ0) is 16.7. The fraction of sp³-hybridized carbons (Fsp3) is 0.0667. The summed E-state index contributed by atoms with van der Waals surface area (Å²) in [6.45, 7) is 1.31. The number of hydrogen-bond donors (Lipinski definition) is 1. The maximum absolute atomic E-state index is 12.2. The number of carbonyl (C=O) groups is 2. The first-order valence-corrected chi connectivity index (χ1v) is 6.92. The molecule has 0 fully saturated rings. The van der Waals surface area contributed by atoms with E-state index in [1.807, 2.05) is 0 Å². The van der Waals surface area contributed by atoms with Crippen molar-refractivity contribution in [2.75, 3.05) is 0 Å². The fourth-order valence-corrected chi connectivity index (χ4v) is 1.97. The van der Waals surface area contributed by atoms with Crippen LogP contribution in [-0.2, 0) is 4.79 Å². The Kier molecular flexibility index (Phi) is 6.40. The van der Waals surface area contributed by atoms with Gasteiger partial charge in [0, 0.05) is 34.7 Å². The number of primary amides is 1. The molecule has 0 aliphatic rings. The number of non-ortho nitro benzene ring substituents is 1. The SMILES string of the molecule is CC(N)=O.O=C(c1ccccc1)c1cc([N+](=O)[O-])ccc1Br. The Morgan fingerprint density at radius 2 is 1.68 bits per heavy atom. The summed E-state index contributed by atoms with van der Waals surface area (Å²) >= 11 is 3.23. The smallest absolute Gasteiger partial charge is 0.270 e. The molecule has 1 amide bonds. The number of benzene rings is 2. The van der Waals surface area contributed by atoms with Crippen LogP contribution in [0.25, 0.3) is 0 Å². The maximum atomic E-state index is 12.2. The van der Waals surface area contributed by atoms with Crippen LogP contribution in [0.5, 0.6) is 0 Å². The van der Waals surface area contributed by atoms with Gasteiger partial charge in [0.25, 0.3) is 5.69 Å². The first kappa shape index (κ1) is 17.5. The molecule has 0 heterocycles. The van der Waals surface area contributed by atoms with Crippen LogP contribution in [0.3, 0.4) is 0 Å². The number of rotatable bonds is 3. The van der Waals surface area contributed by atoms with Crippen molar-refractivity contribution in [2.45, 2.75) is 6.92 Å². The molecular weight excluding hydrogens is 352 g/mol. The number of hydrogen-bond acceptors (Lipinski definition) is 4. The topological polar surface area (TPSA) is 103 Å². The van der Waals surface area contributed by atoms with Gasteiger partial charge in [-0.2, -0.15) is 0 Å². The van der Waals surface area contributed by atoms with Gasteiger partial charge in [0.05, 0.1) is 4.92 Å². The van der Waals surface area contributed by atoms with Crippen LogP contribution < -0.4 is 5.73 Å². The summed E-state index contributed by atoms with van der Waals surface area (Å²) in [5, 5.41) is 10.7. The third kappa shape index (κ3) is 5.10. The van der Waals surface area contributed by atoms with Gasteiger partial charge in [0.1, 0.15) is 0 Å². The molecule has 2 N–H and O–H groups in total. The first-order valence-electron chi connectivity index (χ1n) is 6.12. The second-order valence-electron chi connectivity index (χ2n) is 4.23. The van der Waals surface area contributed by atoms with Crippen molar-refractivity contribution in [3.8, 4) is 0 Å². The molecule has 6 nitrogen and oxygen atoms in total. The second kappa shape index (κ2) is 8.04. The fourth-order valence-electron chi connectivity index (χ4n) is 1.55. The van der Waals surface area contributed by atoms with Crippen molar-refractivity contribution in [2.24, 2.45) is 5.73 Å². The van der Waals surface area contributed by atoms with Crippen LogP contribution in [0.15, 0.2) is 53.0 Å². The summed E-state index contributed by atoms with van der Waals surface area (Å²) in [5.41, 5.74) is 5.16. The van der Waals surface area contributed by atoms with Crippen molar-refractivity contribution < 1.29 is 14.5 Å². The molecule has 22 heavy (non-hydrogen) atoms. The van der Waals surface area contributed by atoms with Gasteiger partial charge in [-0.15, -0.1) is 0 Å². The Morgan fingerprint density at radius 1 is 1.14 bits per heavy atom. The molecular formula is C15H13BrN2O4. The highest BCUT2D eigenvalue weighted by atomic mass is 79.9. The van der Waals surface area contributed by atoms with Crippen LogP contribution >= 0.6 is 15.9 Å². The summed E-state index contributed by atoms with van der Waals surface area (Å²) in [7, 11) is 0. The number of nitrogens with two attached hydrogens (primary N) is 1. The van der Waals surface area contributed by atoms with Crippen LogP contribution in [-0.4, -0.2) is 16.6 Å². The van der Waals surface area contributed by atoms with E-state index >= 15 is 0 Å². The average Bonchev–Trinajstić information content (AvgIpc) is 2.47. The molecule has 114 valence electrons.